The van der Waals surface area contributed by atoms with Crippen molar-refractivity contribution in [2.75, 3.05) is 49.5 Å². The SMILES string of the molecule is CCN(CC)Cc1sc(NC(=O)c2cnc(N3CCN(CC(=O)O)C[C@H]3C)cn2)nc1-c1cc(F)cc(C(F)(F)F)c1. The van der Waals surface area contributed by atoms with Crippen LogP contribution in [0, 0.1) is 5.82 Å². The number of anilines is 2. The zero-order valence-electron chi connectivity index (χ0n) is 23.3. The lowest BCUT2D eigenvalue weighted by Gasteiger charge is -2.39. The molecule has 0 spiro atoms. The van der Waals surface area contributed by atoms with E-state index in [2.05, 4.69) is 20.3 Å². The van der Waals surface area contributed by atoms with Gasteiger partial charge in [0.2, 0.25) is 0 Å². The van der Waals surface area contributed by atoms with Gasteiger partial charge in [0.05, 0.1) is 30.2 Å². The molecule has 3 aromatic rings. The van der Waals surface area contributed by atoms with E-state index < -0.39 is 29.4 Å². The summed E-state index contributed by atoms with van der Waals surface area (Å²) in [6.45, 7) is 9.09. The number of alkyl halides is 3. The Morgan fingerprint density at radius 3 is 2.48 bits per heavy atom. The minimum absolute atomic E-state index is 0.00284. The molecule has 1 aromatic carbocycles. The number of nitrogens with zero attached hydrogens (tertiary/aromatic N) is 6. The van der Waals surface area contributed by atoms with Gasteiger partial charge in [-0.15, -0.1) is 0 Å². The van der Waals surface area contributed by atoms with E-state index >= 15 is 0 Å². The highest BCUT2D eigenvalue weighted by Gasteiger charge is 2.32. The second-order valence-electron chi connectivity index (χ2n) is 9.86. The van der Waals surface area contributed by atoms with Gasteiger partial charge in [-0.1, -0.05) is 25.2 Å². The molecule has 1 amide bonds. The molecule has 2 N–H and O–H groups in total. The van der Waals surface area contributed by atoms with Gasteiger partial charge in [0.25, 0.3) is 5.91 Å². The van der Waals surface area contributed by atoms with Crippen LogP contribution in [0.4, 0.5) is 28.5 Å². The van der Waals surface area contributed by atoms with Crippen molar-refractivity contribution >= 4 is 34.2 Å². The van der Waals surface area contributed by atoms with Crippen molar-refractivity contribution in [3.05, 3.63) is 52.5 Å². The molecule has 0 radical (unpaired) electrons. The summed E-state index contributed by atoms with van der Waals surface area (Å²) in [7, 11) is 0. The predicted molar refractivity (Wildman–Crippen MR) is 150 cm³/mol. The van der Waals surface area contributed by atoms with Crippen molar-refractivity contribution in [3.8, 4) is 11.3 Å². The van der Waals surface area contributed by atoms with Gasteiger partial charge in [0.1, 0.15) is 17.3 Å². The molecule has 10 nitrogen and oxygen atoms in total. The first kappa shape index (κ1) is 31.3. The molecule has 0 aliphatic carbocycles. The summed E-state index contributed by atoms with van der Waals surface area (Å²) in [6, 6.07) is 2.25. The molecule has 1 atom stereocenters. The highest BCUT2D eigenvalue weighted by molar-refractivity contribution is 7.16. The van der Waals surface area contributed by atoms with Gasteiger partial charge in [-0.3, -0.25) is 24.7 Å². The summed E-state index contributed by atoms with van der Waals surface area (Å²) in [5.74, 6) is -2.00. The summed E-state index contributed by atoms with van der Waals surface area (Å²) in [5, 5.41) is 11.8. The maximum atomic E-state index is 14.2. The lowest BCUT2D eigenvalue weighted by atomic mass is 10.1. The Morgan fingerprint density at radius 2 is 1.88 bits per heavy atom. The molecule has 15 heteroatoms. The smallest absolute Gasteiger partial charge is 0.416 e. The molecule has 1 aliphatic heterocycles. The van der Waals surface area contributed by atoms with Crippen LogP contribution in [0.25, 0.3) is 11.3 Å². The summed E-state index contributed by atoms with van der Waals surface area (Å²) in [6.07, 6.45) is -1.96. The number of halogens is 4. The molecule has 0 unspecified atom stereocenters. The number of nitrogens with one attached hydrogen (secondary N) is 1. The van der Waals surface area contributed by atoms with Crippen LogP contribution in [0.3, 0.4) is 0 Å². The topological polar surface area (TPSA) is 115 Å². The van der Waals surface area contributed by atoms with Crippen LogP contribution in [0.1, 0.15) is 41.7 Å². The number of rotatable bonds is 10. The van der Waals surface area contributed by atoms with Crippen LogP contribution in [0.15, 0.2) is 30.6 Å². The molecule has 0 saturated carbocycles. The van der Waals surface area contributed by atoms with E-state index in [4.69, 9.17) is 5.11 Å². The van der Waals surface area contributed by atoms with Gasteiger partial charge in [-0.2, -0.15) is 13.2 Å². The number of aromatic nitrogens is 3. The maximum Gasteiger partial charge on any atom is 0.416 e. The normalized spacial score (nSPS) is 16.2. The van der Waals surface area contributed by atoms with Crippen molar-refractivity contribution in [2.24, 2.45) is 0 Å². The van der Waals surface area contributed by atoms with Gasteiger partial charge in [-0.25, -0.2) is 19.3 Å². The summed E-state index contributed by atoms with van der Waals surface area (Å²) >= 11 is 1.09. The number of carboxylic acid groups (broad SMARTS) is 1. The van der Waals surface area contributed by atoms with E-state index in [0.29, 0.717) is 56.0 Å². The van der Waals surface area contributed by atoms with Gasteiger partial charge >= 0.3 is 12.1 Å². The molecule has 4 rings (SSSR count). The maximum absolute atomic E-state index is 14.2. The summed E-state index contributed by atoms with van der Waals surface area (Å²) in [4.78, 5) is 43.4. The Balaban J connectivity index is 1.54. The number of thiazole rings is 1. The Hall–Kier alpha value is -3.69. The second kappa shape index (κ2) is 13.1. The first-order valence-corrected chi connectivity index (χ1v) is 14.1. The molecule has 226 valence electrons. The largest absolute Gasteiger partial charge is 0.480 e. The van der Waals surface area contributed by atoms with Crippen LogP contribution in [-0.4, -0.2) is 87.0 Å². The number of carbonyl (C=O) groups excluding carboxylic acids is 1. The fourth-order valence-corrected chi connectivity index (χ4v) is 5.76. The fourth-order valence-electron chi connectivity index (χ4n) is 4.73. The molecule has 1 fully saturated rings. The fraction of sp³-hybridized carbons (Fsp3) is 0.444. The number of aliphatic carboxylic acids is 1. The Morgan fingerprint density at radius 1 is 1.14 bits per heavy atom. The van der Waals surface area contributed by atoms with Gasteiger partial charge in [-0.05, 0) is 38.2 Å². The third-order valence-corrected chi connectivity index (χ3v) is 7.87. The minimum Gasteiger partial charge on any atom is -0.480 e. The highest BCUT2D eigenvalue weighted by Crippen LogP contribution is 2.37. The summed E-state index contributed by atoms with van der Waals surface area (Å²) < 4.78 is 54.4. The molecule has 1 aliphatic rings. The standard InChI is InChI=1S/C27H31F4N7O3S/c1-4-36(5-2)14-21-24(17-8-18(27(29,30)31)10-19(28)9-17)34-26(42-21)35-25(41)20-11-33-22(12-32-20)38-7-6-37(13-16(38)3)15-23(39)40/h8-12,16H,4-7,13-15H2,1-3H3,(H,39,40)(H,34,35,41)/t16-/m1/s1. The van der Waals surface area contributed by atoms with E-state index in [-0.39, 0.29) is 34.7 Å². The Kier molecular flexibility index (Phi) is 9.74. The number of hydrogen-bond donors (Lipinski definition) is 2. The molecule has 3 heterocycles. The van der Waals surface area contributed by atoms with Crippen molar-refractivity contribution in [2.45, 2.75) is 39.5 Å². The van der Waals surface area contributed by atoms with E-state index in [0.717, 1.165) is 23.5 Å². The number of benzene rings is 1. The first-order valence-electron chi connectivity index (χ1n) is 13.3. The van der Waals surface area contributed by atoms with Crippen LogP contribution >= 0.6 is 11.3 Å². The quantitative estimate of drug-likeness (QED) is 0.322. The molecule has 1 saturated heterocycles. The zero-order chi connectivity index (χ0) is 30.6. The average molecular weight is 610 g/mol. The van der Waals surface area contributed by atoms with Gasteiger partial charge in [0.15, 0.2) is 5.13 Å². The van der Waals surface area contributed by atoms with Crippen molar-refractivity contribution in [3.63, 3.8) is 0 Å². The lowest BCUT2D eigenvalue weighted by Crippen LogP contribution is -2.53. The molecule has 0 bridgehead atoms. The van der Waals surface area contributed by atoms with E-state index in [1.807, 2.05) is 35.5 Å². The number of carbonyl (C=O) groups is 2. The van der Waals surface area contributed by atoms with Gasteiger partial charge < -0.3 is 10.0 Å². The third-order valence-electron chi connectivity index (χ3n) is 6.91. The third kappa shape index (κ3) is 7.57. The Labute approximate surface area is 244 Å². The molecular weight excluding hydrogens is 578 g/mol. The first-order chi connectivity index (χ1) is 19.9. The Bertz CT molecular complexity index is 1410. The van der Waals surface area contributed by atoms with E-state index in [9.17, 15) is 27.2 Å². The number of hydrogen-bond acceptors (Lipinski definition) is 9. The highest BCUT2D eigenvalue weighted by atomic mass is 32.1. The van der Waals surface area contributed by atoms with E-state index in [1.165, 1.54) is 12.4 Å². The van der Waals surface area contributed by atoms with Crippen LogP contribution in [0.2, 0.25) is 0 Å². The van der Waals surface area contributed by atoms with Crippen LogP contribution in [-0.2, 0) is 17.5 Å². The summed E-state index contributed by atoms with van der Waals surface area (Å²) in [5.41, 5.74) is -1.01. The second-order valence-corrected chi connectivity index (χ2v) is 10.9. The average Bonchev–Trinajstić information content (AvgIpc) is 3.32. The van der Waals surface area contributed by atoms with Crippen molar-refractivity contribution < 1.29 is 32.3 Å². The van der Waals surface area contributed by atoms with E-state index in [1.54, 1.807) is 0 Å². The number of carboxylic acids is 1. The molecule has 42 heavy (non-hydrogen) atoms. The molecule has 2 aromatic heterocycles. The predicted octanol–water partition coefficient (Wildman–Crippen LogP) is 4.45. The van der Waals surface area contributed by atoms with Crippen molar-refractivity contribution in [1.82, 2.24) is 24.8 Å². The van der Waals surface area contributed by atoms with Crippen molar-refractivity contribution in [1.29, 1.82) is 0 Å². The number of piperazine rings is 1. The zero-order valence-corrected chi connectivity index (χ0v) is 24.1. The monoisotopic (exact) mass is 609 g/mol. The number of amides is 1. The van der Waals surface area contributed by atoms with Gasteiger partial charge in [0, 0.05) is 42.7 Å². The van der Waals surface area contributed by atoms with Crippen LogP contribution < -0.4 is 10.2 Å². The molecular formula is C27H31F4N7O3S. The lowest BCUT2D eigenvalue weighted by molar-refractivity contribution is -0.139. The minimum atomic E-state index is -4.74. The van der Waals surface area contributed by atoms with Crippen LogP contribution in [0.5, 0.6) is 0 Å².